The van der Waals surface area contributed by atoms with Crippen molar-refractivity contribution in [1.82, 2.24) is 0 Å². The van der Waals surface area contributed by atoms with Gasteiger partial charge in [0.1, 0.15) is 4.75 Å². The monoisotopic (exact) mass is 204 g/mol. The van der Waals surface area contributed by atoms with Gasteiger partial charge < -0.3 is 5.11 Å². The molecule has 0 spiro atoms. The molecule has 0 amide bonds. The Hall–Kier alpha value is -0.180. The molecule has 3 heteroatoms. The van der Waals surface area contributed by atoms with Crippen molar-refractivity contribution in [2.45, 2.75) is 45.3 Å². The molecule has 0 atom stereocenters. The standard InChI is InChI=1S/C10H20O2S/c1-5-8(6-2)7-13-10(3,4)9(11)12/h8H,5-7H2,1-4H3,(H,11,12). The molecule has 0 aromatic carbocycles. The van der Waals surface area contributed by atoms with Crippen LogP contribution in [0.1, 0.15) is 40.5 Å². The Kier molecular flexibility index (Phi) is 5.45. The molecule has 78 valence electrons. The lowest BCUT2D eigenvalue weighted by Crippen LogP contribution is -2.28. The maximum absolute atomic E-state index is 10.8. The second-order valence-corrected chi connectivity index (χ2v) is 5.45. The summed E-state index contributed by atoms with van der Waals surface area (Å²) in [6, 6.07) is 0. The molecule has 0 fully saturated rings. The van der Waals surface area contributed by atoms with Gasteiger partial charge >= 0.3 is 5.97 Å². The molecule has 0 aliphatic carbocycles. The number of thioether (sulfide) groups is 1. The van der Waals surface area contributed by atoms with Gasteiger partial charge in [0, 0.05) is 0 Å². The van der Waals surface area contributed by atoms with Crippen LogP contribution in [0.25, 0.3) is 0 Å². The predicted octanol–water partition coefficient (Wildman–Crippen LogP) is 3.02. The van der Waals surface area contributed by atoms with Crippen molar-refractivity contribution in [2.75, 3.05) is 5.75 Å². The second-order valence-electron chi connectivity index (χ2n) is 3.81. The van der Waals surface area contributed by atoms with Crippen molar-refractivity contribution < 1.29 is 9.90 Å². The quantitative estimate of drug-likeness (QED) is 0.722. The Labute approximate surface area is 85.1 Å². The first-order valence-corrected chi connectivity index (χ1v) is 5.80. The van der Waals surface area contributed by atoms with Gasteiger partial charge in [-0.25, -0.2) is 0 Å². The van der Waals surface area contributed by atoms with Crippen LogP contribution in [0.5, 0.6) is 0 Å². The Morgan fingerprint density at radius 2 is 1.85 bits per heavy atom. The lowest BCUT2D eigenvalue weighted by atomic mass is 10.1. The molecule has 0 unspecified atom stereocenters. The number of hydrogen-bond donors (Lipinski definition) is 1. The van der Waals surface area contributed by atoms with E-state index in [0.29, 0.717) is 5.92 Å². The molecule has 0 bridgehead atoms. The van der Waals surface area contributed by atoms with Gasteiger partial charge in [0.2, 0.25) is 0 Å². The first-order chi connectivity index (χ1) is 5.94. The van der Waals surface area contributed by atoms with Gasteiger partial charge in [0.25, 0.3) is 0 Å². The van der Waals surface area contributed by atoms with Gasteiger partial charge in [0.15, 0.2) is 0 Å². The Morgan fingerprint density at radius 3 is 2.15 bits per heavy atom. The summed E-state index contributed by atoms with van der Waals surface area (Å²) in [4.78, 5) is 10.8. The summed E-state index contributed by atoms with van der Waals surface area (Å²) >= 11 is 1.54. The summed E-state index contributed by atoms with van der Waals surface area (Å²) < 4.78 is -0.636. The summed E-state index contributed by atoms with van der Waals surface area (Å²) in [5.74, 6) is 0.888. The molecule has 0 aromatic heterocycles. The number of aliphatic carboxylic acids is 1. The Bertz CT molecular complexity index is 162. The summed E-state index contributed by atoms with van der Waals surface area (Å²) in [6.45, 7) is 7.84. The first-order valence-electron chi connectivity index (χ1n) is 4.81. The van der Waals surface area contributed by atoms with Crippen molar-refractivity contribution >= 4 is 17.7 Å². The van der Waals surface area contributed by atoms with Crippen molar-refractivity contribution in [3.8, 4) is 0 Å². The molecule has 0 rings (SSSR count). The number of hydrogen-bond acceptors (Lipinski definition) is 2. The molecule has 0 saturated heterocycles. The number of carbonyl (C=O) groups is 1. The fraction of sp³-hybridized carbons (Fsp3) is 0.900. The van der Waals surface area contributed by atoms with E-state index in [4.69, 9.17) is 5.11 Å². The van der Waals surface area contributed by atoms with E-state index in [-0.39, 0.29) is 0 Å². The fourth-order valence-corrected chi connectivity index (χ4v) is 2.16. The maximum atomic E-state index is 10.8. The highest BCUT2D eigenvalue weighted by Gasteiger charge is 2.28. The van der Waals surface area contributed by atoms with Gasteiger partial charge in [-0.3, -0.25) is 4.79 Å². The van der Waals surface area contributed by atoms with Gasteiger partial charge in [0.05, 0.1) is 0 Å². The predicted molar refractivity (Wildman–Crippen MR) is 58.2 cm³/mol. The Balaban J connectivity index is 3.92. The van der Waals surface area contributed by atoms with Crippen LogP contribution < -0.4 is 0 Å². The van der Waals surface area contributed by atoms with E-state index in [1.807, 2.05) is 0 Å². The van der Waals surface area contributed by atoms with Crippen molar-refractivity contribution in [1.29, 1.82) is 0 Å². The van der Waals surface area contributed by atoms with E-state index in [2.05, 4.69) is 13.8 Å². The largest absolute Gasteiger partial charge is 0.480 e. The van der Waals surface area contributed by atoms with Crippen LogP contribution in [0.4, 0.5) is 0 Å². The van der Waals surface area contributed by atoms with Crippen molar-refractivity contribution in [3.05, 3.63) is 0 Å². The molecule has 1 N–H and O–H groups in total. The zero-order valence-corrected chi connectivity index (χ0v) is 9.78. The van der Waals surface area contributed by atoms with Crippen LogP contribution in [-0.4, -0.2) is 21.6 Å². The summed E-state index contributed by atoms with van der Waals surface area (Å²) in [7, 11) is 0. The van der Waals surface area contributed by atoms with Gasteiger partial charge in [-0.05, 0) is 25.5 Å². The average molecular weight is 204 g/mol. The summed E-state index contributed by atoms with van der Waals surface area (Å²) in [6.07, 6.45) is 2.28. The van der Waals surface area contributed by atoms with Gasteiger partial charge in [-0.1, -0.05) is 26.7 Å². The van der Waals surface area contributed by atoms with E-state index in [0.717, 1.165) is 18.6 Å². The van der Waals surface area contributed by atoms with E-state index in [1.165, 1.54) is 0 Å². The van der Waals surface area contributed by atoms with Crippen molar-refractivity contribution in [3.63, 3.8) is 0 Å². The Morgan fingerprint density at radius 1 is 1.38 bits per heavy atom. The summed E-state index contributed by atoms with van der Waals surface area (Å²) in [5.41, 5.74) is 0. The maximum Gasteiger partial charge on any atom is 0.319 e. The molecule has 0 heterocycles. The number of carboxylic acids is 1. The zero-order valence-electron chi connectivity index (χ0n) is 8.96. The van der Waals surface area contributed by atoms with Crippen LogP contribution in [-0.2, 0) is 4.79 Å². The third kappa shape index (κ3) is 4.55. The highest BCUT2D eigenvalue weighted by atomic mass is 32.2. The minimum atomic E-state index is -0.719. The third-order valence-corrected chi connectivity index (χ3v) is 3.88. The molecule has 13 heavy (non-hydrogen) atoms. The average Bonchev–Trinajstić information content (AvgIpc) is 2.06. The van der Waals surface area contributed by atoms with Crippen LogP contribution in [0.15, 0.2) is 0 Å². The smallest absolute Gasteiger partial charge is 0.319 e. The molecule has 0 aliphatic rings. The third-order valence-electron chi connectivity index (χ3n) is 2.35. The lowest BCUT2D eigenvalue weighted by Gasteiger charge is -2.21. The van der Waals surface area contributed by atoms with Gasteiger partial charge in [-0.15, -0.1) is 11.8 Å². The number of rotatable bonds is 6. The zero-order chi connectivity index (χ0) is 10.5. The van der Waals surface area contributed by atoms with Gasteiger partial charge in [-0.2, -0.15) is 0 Å². The number of carboxylic acid groups (broad SMARTS) is 1. The van der Waals surface area contributed by atoms with Crippen LogP contribution in [0.3, 0.4) is 0 Å². The molecule has 2 nitrogen and oxygen atoms in total. The SMILES string of the molecule is CCC(CC)CSC(C)(C)C(=O)O. The van der Waals surface area contributed by atoms with E-state index >= 15 is 0 Å². The molecule has 0 saturated carbocycles. The minimum absolute atomic E-state index is 0.636. The highest BCUT2D eigenvalue weighted by Crippen LogP contribution is 2.28. The second kappa shape index (κ2) is 5.53. The van der Waals surface area contributed by atoms with Crippen LogP contribution in [0, 0.1) is 5.92 Å². The minimum Gasteiger partial charge on any atom is -0.480 e. The van der Waals surface area contributed by atoms with E-state index in [9.17, 15) is 4.79 Å². The first kappa shape index (κ1) is 12.8. The topological polar surface area (TPSA) is 37.3 Å². The van der Waals surface area contributed by atoms with Crippen LogP contribution in [0.2, 0.25) is 0 Å². The molecule has 0 aliphatic heterocycles. The molecule has 0 radical (unpaired) electrons. The van der Waals surface area contributed by atoms with Crippen molar-refractivity contribution in [2.24, 2.45) is 5.92 Å². The summed E-state index contributed by atoms with van der Waals surface area (Å²) in [5, 5.41) is 8.88. The lowest BCUT2D eigenvalue weighted by molar-refractivity contribution is -0.138. The van der Waals surface area contributed by atoms with E-state index in [1.54, 1.807) is 25.6 Å². The molecular weight excluding hydrogens is 184 g/mol. The van der Waals surface area contributed by atoms with Crippen LogP contribution >= 0.6 is 11.8 Å². The fourth-order valence-electron chi connectivity index (χ4n) is 0.912. The molecule has 0 aromatic rings. The normalized spacial score (nSPS) is 12.1. The highest BCUT2D eigenvalue weighted by molar-refractivity contribution is 8.01. The molecular formula is C10H20O2S. The van der Waals surface area contributed by atoms with E-state index < -0.39 is 10.7 Å².